The topological polar surface area (TPSA) is 40.5 Å². The second-order valence-corrected chi connectivity index (χ2v) is 3.43. The van der Waals surface area contributed by atoms with Crippen molar-refractivity contribution in [1.29, 1.82) is 0 Å². The quantitative estimate of drug-likeness (QED) is 0.664. The van der Waals surface area contributed by atoms with E-state index in [4.69, 9.17) is 5.11 Å². The Morgan fingerprint density at radius 3 is 2.08 bits per heavy atom. The van der Waals surface area contributed by atoms with Gasteiger partial charge in [0.15, 0.2) is 0 Å². The average Bonchev–Trinajstić information content (AvgIpc) is 2.02. The van der Waals surface area contributed by atoms with E-state index in [1.807, 2.05) is 0 Å². The lowest BCUT2D eigenvalue weighted by molar-refractivity contribution is -0.0388. The van der Waals surface area contributed by atoms with Crippen LogP contribution in [0, 0.1) is 0 Å². The van der Waals surface area contributed by atoms with E-state index in [0.717, 1.165) is 24.8 Å². The van der Waals surface area contributed by atoms with Crippen molar-refractivity contribution in [2.75, 3.05) is 0 Å². The number of hydrogen-bond donors (Lipinski definition) is 2. The molecule has 1 saturated carbocycles. The fraction of sp³-hybridized carbons (Fsp3) is 0.400. The number of hydrogen-bond acceptors (Lipinski definition) is 2. The fourth-order valence-electron chi connectivity index (χ4n) is 1.57. The van der Waals surface area contributed by atoms with Gasteiger partial charge >= 0.3 is 0 Å². The van der Waals surface area contributed by atoms with Crippen LogP contribution < -0.4 is 0 Å². The SMILES string of the molecule is Oc1ccc(C2(O)CCC2)cc1. The van der Waals surface area contributed by atoms with Crippen LogP contribution in [-0.2, 0) is 5.60 Å². The first kappa shape index (κ1) is 7.62. The molecule has 12 heavy (non-hydrogen) atoms. The molecule has 0 aliphatic heterocycles. The molecule has 0 saturated heterocycles. The molecule has 1 aromatic rings. The third-order valence-corrected chi connectivity index (χ3v) is 2.59. The van der Waals surface area contributed by atoms with E-state index in [9.17, 15) is 5.11 Å². The van der Waals surface area contributed by atoms with Crippen molar-refractivity contribution in [3.05, 3.63) is 29.8 Å². The highest BCUT2D eigenvalue weighted by atomic mass is 16.3. The Balaban J connectivity index is 2.28. The first-order chi connectivity index (χ1) is 5.71. The number of aliphatic hydroxyl groups is 1. The third kappa shape index (κ3) is 1.08. The molecular formula is C10H12O2. The molecule has 1 aromatic carbocycles. The summed E-state index contributed by atoms with van der Waals surface area (Å²) in [5, 5.41) is 18.9. The van der Waals surface area contributed by atoms with E-state index < -0.39 is 5.60 Å². The predicted molar refractivity (Wildman–Crippen MR) is 45.9 cm³/mol. The fourth-order valence-corrected chi connectivity index (χ4v) is 1.57. The van der Waals surface area contributed by atoms with Crippen molar-refractivity contribution in [3.63, 3.8) is 0 Å². The number of benzene rings is 1. The molecule has 0 radical (unpaired) electrons. The lowest BCUT2D eigenvalue weighted by Crippen LogP contribution is -2.33. The summed E-state index contributed by atoms with van der Waals surface area (Å²) in [6.07, 6.45) is 2.78. The first-order valence-electron chi connectivity index (χ1n) is 4.23. The van der Waals surface area contributed by atoms with E-state index >= 15 is 0 Å². The van der Waals surface area contributed by atoms with Crippen molar-refractivity contribution in [3.8, 4) is 5.75 Å². The Morgan fingerprint density at radius 1 is 1.08 bits per heavy atom. The number of phenolic OH excluding ortho intramolecular Hbond substituents is 1. The van der Waals surface area contributed by atoms with Crippen LogP contribution in [0.3, 0.4) is 0 Å². The lowest BCUT2D eigenvalue weighted by Gasteiger charge is -2.37. The largest absolute Gasteiger partial charge is 0.508 e. The minimum absolute atomic E-state index is 0.252. The van der Waals surface area contributed by atoms with Crippen LogP contribution in [0.2, 0.25) is 0 Å². The Kier molecular flexibility index (Phi) is 1.58. The lowest BCUT2D eigenvalue weighted by atomic mass is 9.75. The molecule has 0 heterocycles. The van der Waals surface area contributed by atoms with Gasteiger partial charge in [0.05, 0.1) is 5.60 Å². The van der Waals surface area contributed by atoms with Gasteiger partial charge in [-0.3, -0.25) is 0 Å². The van der Waals surface area contributed by atoms with Crippen molar-refractivity contribution in [2.24, 2.45) is 0 Å². The molecule has 1 aliphatic rings. The van der Waals surface area contributed by atoms with E-state index in [2.05, 4.69) is 0 Å². The number of phenols is 1. The third-order valence-electron chi connectivity index (χ3n) is 2.59. The summed E-state index contributed by atoms with van der Waals surface area (Å²) in [7, 11) is 0. The highest BCUT2D eigenvalue weighted by molar-refractivity contribution is 5.30. The van der Waals surface area contributed by atoms with Crippen molar-refractivity contribution < 1.29 is 10.2 Å². The van der Waals surface area contributed by atoms with Gasteiger partial charge in [-0.1, -0.05) is 12.1 Å². The molecule has 0 unspecified atom stereocenters. The summed E-state index contributed by atoms with van der Waals surface area (Å²) >= 11 is 0. The minimum Gasteiger partial charge on any atom is -0.508 e. The molecule has 64 valence electrons. The van der Waals surface area contributed by atoms with Gasteiger partial charge < -0.3 is 10.2 Å². The van der Waals surface area contributed by atoms with Gasteiger partial charge in [0.1, 0.15) is 5.75 Å². The average molecular weight is 164 g/mol. The number of rotatable bonds is 1. The zero-order chi connectivity index (χ0) is 8.60. The Bertz CT molecular complexity index is 272. The van der Waals surface area contributed by atoms with Crippen LogP contribution in [0.25, 0.3) is 0 Å². The van der Waals surface area contributed by atoms with Crippen molar-refractivity contribution in [1.82, 2.24) is 0 Å². The molecule has 1 aliphatic carbocycles. The number of aromatic hydroxyl groups is 1. The monoisotopic (exact) mass is 164 g/mol. The zero-order valence-corrected chi connectivity index (χ0v) is 6.83. The van der Waals surface area contributed by atoms with Gasteiger partial charge in [-0.05, 0) is 37.0 Å². The Labute approximate surface area is 71.5 Å². The molecule has 0 atom stereocenters. The van der Waals surface area contributed by atoms with Crippen LogP contribution in [0.15, 0.2) is 24.3 Å². The van der Waals surface area contributed by atoms with E-state index in [1.54, 1.807) is 24.3 Å². The van der Waals surface area contributed by atoms with E-state index in [0.29, 0.717) is 0 Å². The highest BCUT2D eigenvalue weighted by Crippen LogP contribution is 2.41. The molecule has 0 amide bonds. The van der Waals surface area contributed by atoms with E-state index in [-0.39, 0.29) is 5.75 Å². The molecule has 2 rings (SSSR count). The van der Waals surface area contributed by atoms with E-state index in [1.165, 1.54) is 0 Å². The second kappa shape index (κ2) is 2.49. The summed E-state index contributed by atoms with van der Waals surface area (Å²) in [5.74, 6) is 0.252. The first-order valence-corrected chi connectivity index (χ1v) is 4.23. The smallest absolute Gasteiger partial charge is 0.115 e. The van der Waals surface area contributed by atoms with Crippen LogP contribution in [-0.4, -0.2) is 10.2 Å². The highest BCUT2D eigenvalue weighted by Gasteiger charge is 2.35. The summed E-state index contributed by atoms with van der Waals surface area (Å²) in [4.78, 5) is 0. The van der Waals surface area contributed by atoms with Crippen molar-refractivity contribution >= 4 is 0 Å². The molecule has 0 bridgehead atoms. The summed E-state index contributed by atoms with van der Waals surface area (Å²) in [6.45, 7) is 0. The predicted octanol–water partition coefficient (Wildman–Crippen LogP) is 1.76. The molecule has 2 heteroatoms. The summed E-state index contributed by atoms with van der Waals surface area (Å²) in [5.41, 5.74) is 0.319. The maximum Gasteiger partial charge on any atom is 0.115 e. The van der Waals surface area contributed by atoms with Crippen LogP contribution in [0.5, 0.6) is 5.75 Å². The summed E-state index contributed by atoms with van der Waals surface area (Å²) < 4.78 is 0. The van der Waals surface area contributed by atoms with Crippen LogP contribution in [0.4, 0.5) is 0 Å². The summed E-state index contributed by atoms with van der Waals surface area (Å²) in [6, 6.07) is 6.81. The van der Waals surface area contributed by atoms with Gasteiger partial charge in [-0.15, -0.1) is 0 Å². The standard InChI is InChI=1S/C10H12O2/c11-9-4-2-8(3-5-9)10(12)6-1-7-10/h2-5,11-12H,1,6-7H2. The van der Waals surface area contributed by atoms with Gasteiger partial charge in [0, 0.05) is 0 Å². The minimum atomic E-state index is -0.603. The van der Waals surface area contributed by atoms with Crippen LogP contribution in [0.1, 0.15) is 24.8 Å². The Hall–Kier alpha value is -1.02. The van der Waals surface area contributed by atoms with Gasteiger partial charge in [0.2, 0.25) is 0 Å². The molecule has 2 N–H and O–H groups in total. The normalized spacial score (nSPS) is 20.1. The molecule has 0 spiro atoms. The zero-order valence-electron chi connectivity index (χ0n) is 6.83. The molecule has 1 fully saturated rings. The molecular weight excluding hydrogens is 152 g/mol. The maximum atomic E-state index is 9.89. The van der Waals surface area contributed by atoms with Gasteiger partial charge in [-0.25, -0.2) is 0 Å². The van der Waals surface area contributed by atoms with Crippen molar-refractivity contribution in [2.45, 2.75) is 24.9 Å². The van der Waals surface area contributed by atoms with Gasteiger partial charge in [0.25, 0.3) is 0 Å². The second-order valence-electron chi connectivity index (χ2n) is 3.43. The van der Waals surface area contributed by atoms with Gasteiger partial charge in [-0.2, -0.15) is 0 Å². The Morgan fingerprint density at radius 2 is 1.67 bits per heavy atom. The molecule has 2 nitrogen and oxygen atoms in total. The van der Waals surface area contributed by atoms with Crippen LogP contribution >= 0.6 is 0 Å². The molecule has 0 aromatic heterocycles. The maximum absolute atomic E-state index is 9.89.